The van der Waals surface area contributed by atoms with Crippen molar-refractivity contribution in [2.45, 2.75) is 63.6 Å². The average molecular weight is 532 g/mol. The average Bonchev–Trinajstić information content (AvgIpc) is 3.48. The molecule has 0 unspecified atom stereocenters. The number of nitrogens with one attached hydrogen (secondary N) is 1. The maximum Gasteiger partial charge on any atom is 0.333 e. The number of carbonyl (C=O) groups is 1. The number of hydrogen-bond donors (Lipinski definition) is 1. The topological polar surface area (TPSA) is 97.5 Å². The maximum absolute atomic E-state index is 13.8. The lowest BCUT2D eigenvalue weighted by Gasteiger charge is -2.34. The summed E-state index contributed by atoms with van der Waals surface area (Å²) in [5.41, 5.74) is 3.32. The maximum atomic E-state index is 13.8. The van der Waals surface area contributed by atoms with Crippen LogP contribution in [0.2, 0.25) is 0 Å². The molecule has 1 aliphatic carbocycles. The van der Waals surface area contributed by atoms with E-state index in [1.807, 2.05) is 60.0 Å². The van der Waals surface area contributed by atoms with E-state index in [1.165, 1.54) is 0 Å². The van der Waals surface area contributed by atoms with E-state index in [2.05, 4.69) is 10.3 Å². The molecular formula is C29H37N7O3. The highest BCUT2D eigenvalue weighted by Crippen LogP contribution is 2.29. The number of hydrogen-bond acceptors (Lipinski definition) is 6. The fourth-order valence-corrected chi connectivity index (χ4v) is 6.18. The van der Waals surface area contributed by atoms with Crippen LogP contribution in [0.3, 0.4) is 0 Å². The second kappa shape index (κ2) is 10.8. The number of rotatable bonds is 6. The number of urea groups is 1. The van der Waals surface area contributed by atoms with Gasteiger partial charge in [-0.25, -0.2) is 19.6 Å². The second-order valence-electron chi connectivity index (χ2n) is 11.0. The smallest absolute Gasteiger partial charge is 0.333 e. The van der Waals surface area contributed by atoms with Crippen molar-refractivity contribution in [3.8, 4) is 17.1 Å². The number of anilines is 1. The van der Waals surface area contributed by atoms with E-state index in [9.17, 15) is 9.59 Å². The van der Waals surface area contributed by atoms with E-state index in [4.69, 9.17) is 9.72 Å². The van der Waals surface area contributed by atoms with Gasteiger partial charge >= 0.3 is 11.7 Å². The Labute approximate surface area is 228 Å². The van der Waals surface area contributed by atoms with E-state index >= 15 is 0 Å². The van der Waals surface area contributed by atoms with Crippen LogP contribution in [0, 0.1) is 6.92 Å². The fraction of sp³-hybridized carbons (Fsp3) is 0.517. The summed E-state index contributed by atoms with van der Waals surface area (Å²) in [6, 6.07) is 10.7. The molecular weight excluding hydrogens is 494 g/mol. The standard InChI is InChI=1S/C29H37N7O3/c1-20-4-3-5-24(18-20)36-26(19-35(29(36)38)23-11-16-39-17-12-23)25-10-13-30-27(32-25)31-21-6-8-22(9-7-21)34-15-14-33(2)28(34)37/h3-5,10,13,18-19,21-23H,6-9,11-12,14-17H2,1-2H3,(H,30,31,32). The van der Waals surface area contributed by atoms with Crippen molar-refractivity contribution in [2.75, 3.05) is 38.7 Å². The van der Waals surface area contributed by atoms with Crippen LogP contribution < -0.4 is 11.0 Å². The number of aromatic nitrogens is 4. The molecule has 10 nitrogen and oxygen atoms in total. The first-order chi connectivity index (χ1) is 19.0. The van der Waals surface area contributed by atoms with Crippen LogP contribution in [0.1, 0.15) is 50.1 Å². The molecule has 3 fully saturated rings. The molecule has 2 saturated heterocycles. The minimum atomic E-state index is -0.0592. The molecule has 4 heterocycles. The molecule has 206 valence electrons. The van der Waals surface area contributed by atoms with Gasteiger partial charge in [0.1, 0.15) is 0 Å². The number of aryl methyl sites for hydroxylation is 1. The number of imidazole rings is 1. The van der Waals surface area contributed by atoms with E-state index in [1.54, 1.807) is 15.7 Å². The van der Waals surface area contributed by atoms with Crippen LogP contribution in [-0.2, 0) is 4.74 Å². The van der Waals surface area contributed by atoms with E-state index in [0.29, 0.717) is 30.9 Å². The Morgan fingerprint density at radius 3 is 2.49 bits per heavy atom. The SMILES string of the molecule is Cc1cccc(-n2c(-c3ccnc(NC4CCC(N5CCN(C)C5=O)CC4)n3)cn(C3CCOCC3)c2=O)c1. The van der Waals surface area contributed by atoms with Crippen LogP contribution in [0.5, 0.6) is 0 Å². The molecule has 3 aliphatic rings. The quantitative estimate of drug-likeness (QED) is 0.519. The fourth-order valence-electron chi connectivity index (χ4n) is 6.18. The molecule has 0 radical (unpaired) electrons. The Morgan fingerprint density at radius 1 is 0.974 bits per heavy atom. The third-order valence-corrected chi connectivity index (χ3v) is 8.40. The Balaban J connectivity index is 1.24. The number of amides is 2. The molecule has 0 spiro atoms. The van der Waals surface area contributed by atoms with Gasteiger partial charge in [-0.3, -0.25) is 9.13 Å². The summed E-state index contributed by atoms with van der Waals surface area (Å²) in [7, 11) is 1.87. The van der Waals surface area contributed by atoms with Crippen LogP contribution in [0.4, 0.5) is 10.7 Å². The van der Waals surface area contributed by atoms with Gasteiger partial charge in [0.25, 0.3) is 0 Å². The summed E-state index contributed by atoms with van der Waals surface area (Å²) in [6.45, 7) is 4.98. The van der Waals surface area contributed by atoms with Crippen molar-refractivity contribution >= 4 is 12.0 Å². The van der Waals surface area contributed by atoms with E-state index < -0.39 is 0 Å². The van der Waals surface area contributed by atoms with Gasteiger partial charge in [-0.2, -0.15) is 0 Å². The van der Waals surface area contributed by atoms with Gasteiger partial charge in [0.15, 0.2) is 0 Å². The summed E-state index contributed by atoms with van der Waals surface area (Å²) in [6.07, 6.45) is 9.19. The normalized spacial score (nSPS) is 22.5. The van der Waals surface area contributed by atoms with E-state index in [-0.39, 0.29) is 23.8 Å². The third kappa shape index (κ3) is 5.17. The van der Waals surface area contributed by atoms with Crippen molar-refractivity contribution in [1.29, 1.82) is 0 Å². The van der Waals surface area contributed by atoms with Gasteiger partial charge in [-0.05, 0) is 69.2 Å². The molecule has 2 aromatic heterocycles. The molecule has 6 rings (SSSR count). The summed E-state index contributed by atoms with van der Waals surface area (Å²) in [5, 5.41) is 3.53. The van der Waals surface area contributed by atoms with Crippen LogP contribution in [0.15, 0.2) is 47.5 Å². The number of likely N-dealkylation sites (N-methyl/N-ethyl adjacent to an activating group) is 1. The Hall–Kier alpha value is -3.66. The molecule has 2 aliphatic heterocycles. The van der Waals surface area contributed by atoms with Gasteiger partial charge in [-0.1, -0.05) is 12.1 Å². The van der Waals surface area contributed by atoms with Gasteiger partial charge in [0, 0.05) is 63.9 Å². The Morgan fingerprint density at radius 2 is 1.77 bits per heavy atom. The highest BCUT2D eigenvalue weighted by molar-refractivity contribution is 5.76. The highest BCUT2D eigenvalue weighted by atomic mass is 16.5. The Bertz CT molecular complexity index is 1390. The van der Waals surface area contributed by atoms with Crippen molar-refractivity contribution < 1.29 is 9.53 Å². The lowest BCUT2D eigenvalue weighted by Crippen LogP contribution is -2.42. The predicted molar refractivity (Wildman–Crippen MR) is 149 cm³/mol. The molecule has 0 atom stereocenters. The molecule has 1 saturated carbocycles. The molecule has 1 aromatic carbocycles. The molecule has 2 amide bonds. The van der Waals surface area contributed by atoms with Crippen molar-refractivity contribution in [3.05, 3.63) is 58.8 Å². The number of benzene rings is 1. The first-order valence-corrected chi connectivity index (χ1v) is 14.1. The molecule has 0 bridgehead atoms. The van der Waals surface area contributed by atoms with E-state index in [0.717, 1.165) is 68.6 Å². The van der Waals surface area contributed by atoms with Gasteiger partial charge < -0.3 is 19.9 Å². The minimum absolute atomic E-state index is 0.0592. The largest absolute Gasteiger partial charge is 0.381 e. The number of carbonyl (C=O) groups excluding carboxylic acids is 1. The zero-order valence-electron chi connectivity index (χ0n) is 22.8. The summed E-state index contributed by atoms with van der Waals surface area (Å²) < 4.78 is 9.17. The first-order valence-electron chi connectivity index (χ1n) is 14.1. The highest BCUT2D eigenvalue weighted by Gasteiger charge is 2.34. The van der Waals surface area contributed by atoms with Gasteiger partial charge in [-0.15, -0.1) is 0 Å². The third-order valence-electron chi connectivity index (χ3n) is 8.40. The van der Waals surface area contributed by atoms with Gasteiger partial charge in [0.05, 0.1) is 17.1 Å². The minimum Gasteiger partial charge on any atom is -0.381 e. The monoisotopic (exact) mass is 531 g/mol. The van der Waals surface area contributed by atoms with Crippen molar-refractivity contribution in [1.82, 2.24) is 28.9 Å². The summed E-state index contributed by atoms with van der Waals surface area (Å²) in [5.74, 6) is 0.565. The lowest BCUT2D eigenvalue weighted by molar-refractivity contribution is 0.0686. The van der Waals surface area contributed by atoms with Crippen LogP contribution in [-0.4, -0.2) is 80.4 Å². The first kappa shape index (κ1) is 25.6. The van der Waals surface area contributed by atoms with Crippen molar-refractivity contribution in [3.63, 3.8) is 0 Å². The zero-order valence-corrected chi connectivity index (χ0v) is 22.8. The lowest BCUT2D eigenvalue weighted by atomic mass is 9.90. The number of ether oxygens (including phenoxy) is 1. The second-order valence-corrected chi connectivity index (χ2v) is 11.0. The van der Waals surface area contributed by atoms with Gasteiger partial charge in [0.2, 0.25) is 5.95 Å². The Kier molecular flexibility index (Phi) is 7.12. The molecule has 3 aromatic rings. The van der Waals surface area contributed by atoms with Crippen molar-refractivity contribution in [2.24, 2.45) is 0 Å². The molecule has 1 N–H and O–H groups in total. The van der Waals surface area contributed by atoms with Crippen LogP contribution >= 0.6 is 0 Å². The number of nitrogens with zero attached hydrogens (tertiary/aromatic N) is 6. The summed E-state index contributed by atoms with van der Waals surface area (Å²) >= 11 is 0. The summed E-state index contributed by atoms with van der Waals surface area (Å²) in [4.78, 5) is 39.4. The molecule has 39 heavy (non-hydrogen) atoms. The molecule has 10 heteroatoms. The van der Waals surface area contributed by atoms with Crippen LogP contribution in [0.25, 0.3) is 17.1 Å². The predicted octanol–water partition coefficient (Wildman–Crippen LogP) is 3.85. The zero-order chi connectivity index (χ0) is 26.9.